The van der Waals surface area contributed by atoms with Gasteiger partial charge in [0.1, 0.15) is 6.10 Å². The van der Waals surface area contributed by atoms with E-state index in [9.17, 15) is 4.79 Å². The van der Waals surface area contributed by atoms with Crippen molar-refractivity contribution in [3.05, 3.63) is 24.3 Å². The van der Waals surface area contributed by atoms with Crippen molar-refractivity contribution in [1.82, 2.24) is 0 Å². The number of allylic oxidation sites excluding steroid dienone is 2. The van der Waals surface area contributed by atoms with Gasteiger partial charge in [0, 0.05) is 11.5 Å². The lowest BCUT2D eigenvalue weighted by atomic mass is 9.88. The van der Waals surface area contributed by atoms with Crippen LogP contribution in [0, 0.1) is 5.92 Å². The fourth-order valence-electron chi connectivity index (χ4n) is 2.06. The van der Waals surface area contributed by atoms with Crippen molar-refractivity contribution in [2.45, 2.75) is 31.8 Å². The Balaban J connectivity index is 2.14. The maximum atomic E-state index is 11.2. The van der Waals surface area contributed by atoms with Crippen molar-refractivity contribution in [2.24, 2.45) is 5.92 Å². The second-order valence-corrected chi connectivity index (χ2v) is 3.70. The number of ether oxygens (including phenoxy) is 1. The zero-order valence-corrected chi connectivity index (χ0v) is 7.66. The lowest BCUT2D eigenvalue weighted by Gasteiger charge is -2.17. The minimum atomic E-state index is -0.183. The first kappa shape index (κ1) is 8.54. The molecule has 0 saturated carbocycles. The molecule has 0 radical (unpaired) electrons. The second-order valence-electron chi connectivity index (χ2n) is 3.70. The van der Waals surface area contributed by atoms with E-state index in [-0.39, 0.29) is 18.0 Å². The predicted molar refractivity (Wildman–Crippen MR) is 50.1 cm³/mol. The van der Waals surface area contributed by atoms with E-state index < -0.39 is 0 Å². The fourth-order valence-corrected chi connectivity index (χ4v) is 2.06. The predicted octanol–water partition coefficient (Wildman–Crippen LogP) is 2.21. The largest absolute Gasteiger partial charge is 0.458 e. The van der Waals surface area contributed by atoms with Gasteiger partial charge in [-0.1, -0.05) is 18.7 Å². The molecule has 2 rings (SSSR count). The molecule has 13 heavy (non-hydrogen) atoms. The third-order valence-electron chi connectivity index (χ3n) is 2.85. The molecule has 0 bridgehead atoms. The number of rotatable bonds is 0. The molecule has 1 fully saturated rings. The van der Waals surface area contributed by atoms with Crippen LogP contribution in [0.4, 0.5) is 0 Å². The normalized spacial score (nSPS) is 36.0. The molecule has 0 N–H and O–H groups in total. The number of fused-ring (bicyclic) bond motifs is 1. The van der Waals surface area contributed by atoms with Crippen molar-refractivity contribution in [2.75, 3.05) is 0 Å². The van der Waals surface area contributed by atoms with Gasteiger partial charge in [-0.2, -0.15) is 0 Å². The second kappa shape index (κ2) is 3.36. The molecular formula is C11H14O2. The molecule has 1 heterocycles. The first-order valence-electron chi connectivity index (χ1n) is 4.84. The lowest BCUT2D eigenvalue weighted by molar-refractivity contribution is -0.139. The summed E-state index contributed by atoms with van der Waals surface area (Å²) in [7, 11) is 0. The summed E-state index contributed by atoms with van der Waals surface area (Å²) >= 11 is 0. The first-order chi connectivity index (χ1) is 6.29. The van der Waals surface area contributed by atoms with Crippen molar-refractivity contribution < 1.29 is 9.53 Å². The van der Waals surface area contributed by atoms with Crippen molar-refractivity contribution in [3.8, 4) is 0 Å². The molecule has 2 atom stereocenters. The van der Waals surface area contributed by atoms with Crippen molar-refractivity contribution in [1.29, 1.82) is 0 Å². The average molecular weight is 178 g/mol. The van der Waals surface area contributed by atoms with E-state index in [2.05, 4.69) is 18.7 Å². The molecule has 0 aromatic rings. The highest BCUT2D eigenvalue weighted by molar-refractivity contribution is 5.90. The molecule has 0 spiro atoms. The fraction of sp³-hybridized carbons (Fsp3) is 0.545. The molecule has 2 unspecified atom stereocenters. The Morgan fingerprint density at radius 3 is 2.77 bits per heavy atom. The number of hydrogen-bond acceptors (Lipinski definition) is 2. The highest BCUT2D eigenvalue weighted by atomic mass is 16.6. The van der Waals surface area contributed by atoms with Gasteiger partial charge in [0.2, 0.25) is 0 Å². The Kier molecular flexibility index (Phi) is 2.21. The van der Waals surface area contributed by atoms with Gasteiger partial charge >= 0.3 is 5.97 Å². The Morgan fingerprint density at radius 2 is 2.00 bits per heavy atom. The van der Waals surface area contributed by atoms with Crippen molar-refractivity contribution >= 4 is 5.97 Å². The van der Waals surface area contributed by atoms with E-state index in [1.165, 1.54) is 0 Å². The van der Waals surface area contributed by atoms with E-state index in [0.29, 0.717) is 5.57 Å². The van der Waals surface area contributed by atoms with Gasteiger partial charge in [-0.25, -0.2) is 4.79 Å². The maximum absolute atomic E-state index is 11.2. The minimum Gasteiger partial charge on any atom is -0.458 e. The number of carbonyl (C=O) groups is 1. The van der Waals surface area contributed by atoms with Crippen LogP contribution in [-0.2, 0) is 9.53 Å². The summed E-state index contributed by atoms with van der Waals surface area (Å²) in [5, 5.41) is 0. The highest BCUT2D eigenvalue weighted by Crippen LogP contribution is 2.34. The third kappa shape index (κ3) is 1.53. The van der Waals surface area contributed by atoms with E-state index in [0.717, 1.165) is 25.7 Å². The Bertz CT molecular complexity index is 265. The average Bonchev–Trinajstić information content (AvgIpc) is 2.31. The van der Waals surface area contributed by atoms with Crippen LogP contribution in [0.3, 0.4) is 0 Å². The molecule has 2 aliphatic rings. The van der Waals surface area contributed by atoms with Crippen molar-refractivity contribution in [3.63, 3.8) is 0 Å². The van der Waals surface area contributed by atoms with Gasteiger partial charge in [-0.15, -0.1) is 0 Å². The van der Waals surface area contributed by atoms with Crippen LogP contribution in [-0.4, -0.2) is 12.1 Å². The topological polar surface area (TPSA) is 26.3 Å². The molecule has 1 aliphatic heterocycles. The monoisotopic (exact) mass is 178 g/mol. The van der Waals surface area contributed by atoms with Gasteiger partial charge in [0.05, 0.1) is 0 Å². The molecule has 0 amide bonds. The van der Waals surface area contributed by atoms with Crippen LogP contribution in [0.15, 0.2) is 24.3 Å². The molecule has 1 aliphatic carbocycles. The lowest BCUT2D eigenvalue weighted by Crippen LogP contribution is -2.17. The minimum absolute atomic E-state index is 0.102. The molecular weight excluding hydrogens is 164 g/mol. The quantitative estimate of drug-likeness (QED) is 0.323. The van der Waals surface area contributed by atoms with E-state index in [4.69, 9.17) is 4.74 Å². The molecule has 2 heteroatoms. The number of carbonyl (C=O) groups excluding carboxylic acids is 1. The SMILES string of the molecule is C=C1C(=O)OC2CC/C=C\CCC12. The highest BCUT2D eigenvalue weighted by Gasteiger charge is 2.37. The summed E-state index contributed by atoms with van der Waals surface area (Å²) in [5.41, 5.74) is 0.681. The summed E-state index contributed by atoms with van der Waals surface area (Å²) in [4.78, 5) is 11.2. The Labute approximate surface area is 78.3 Å². The first-order valence-corrected chi connectivity index (χ1v) is 4.84. The smallest absolute Gasteiger partial charge is 0.334 e. The van der Waals surface area contributed by atoms with E-state index in [1.54, 1.807) is 0 Å². The summed E-state index contributed by atoms with van der Waals surface area (Å²) in [6.45, 7) is 3.79. The van der Waals surface area contributed by atoms with E-state index in [1.807, 2.05) is 0 Å². The van der Waals surface area contributed by atoms with Crippen LogP contribution in [0.2, 0.25) is 0 Å². The van der Waals surface area contributed by atoms with Crippen LogP contribution in [0.25, 0.3) is 0 Å². The van der Waals surface area contributed by atoms with Gasteiger partial charge in [0.25, 0.3) is 0 Å². The molecule has 1 saturated heterocycles. The summed E-state index contributed by atoms with van der Waals surface area (Å²) in [5.74, 6) is 0.0920. The summed E-state index contributed by atoms with van der Waals surface area (Å²) in [6, 6.07) is 0. The van der Waals surface area contributed by atoms with Gasteiger partial charge in [-0.05, 0) is 25.7 Å². The molecule has 2 nitrogen and oxygen atoms in total. The zero-order chi connectivity index (χ0) is 9.26. The molecule has 70 valence electrons. The summed E-state index contributed by atoms with van der Waals surface area (Å²) in [6.07, 6.45) is 8.47. The summed E-state index contributed by atoms with van der Waals surface area (Å²) < 4.78 is 5.24. The Morgan fingerprint density at radius 1 is 1.31 bits per heavy atom. The standard InChI is InChI=1S/C11H14O2/c1-8-9-6-4-2-3-5-7-10(9)13-11(8)12/h2-3,9-10H,1,4-7H2/b3-2-. The van der Waals surface area contributed by atoms with Crippen LogP contribution < -0.4 is 0 Å². The maximum Gasteiger partial charge on any atom is 0.334 e. The molecule has 0 aromatic carbocycles. The van der Waals surface area contributed by atoms with Crippen LogP contribution >= 0.6 is 0 Å². The van der Waals surface area contributed by atoms with Gasteiger partial charge in [0.15, 0.2) is 0 Å². The van der Waals surface area contributed by atoms with Crippen LogP contribution in [0.1, 0.15) is 25.7 Å². The third-order valence-corrected chi connectivity index (χ3v) is 2.85. The Hall–Kier alpha value is -1.05. The zero-order valence-electron chi connectivity index (χ0n) is 7.66. The number of hydrogen-bond donors (Lipinski definition) is 0. The van der Waals surface area contributed by atoms with Gasteiger partial charge in [-0.3, -0.25) is 0 Å². The van der Waals surface area contributed by atoms with Gasteiger partial charge < -0.3 is 4.74 Å². The molecule has 0 aromatic heterocycles. The van der Waals surface area contributed by atoms with E-state index >= 15 is 0 Å². The van der Waals surface area contributed by atoms with Crippen LogP contribution in [0.5, 0.6) is 0 Å². The number of esters is 1.